The lowest BCUT2D eigenvalue weighted by atomic mass is 9.93. The molecule has 7 heteroatoms. The van der Waals surface area contributed by atoms with E-state index in [4.69, 9.17) is 14.0 Å². The van der Waals surface area contributed by atoms with E-state index in [9.17, 15) is 9.59 Å². The number of aryl methyl sites for hydroxylation is 2. The van der Waals surface area contributed by atoms with Gasteiger partial charge >= 0.3 is 12.1 Å². The van der Waals surface area contributed by atoms with Crippen LogP contribution < -0.4 is 5.32 Å². The van der Waals surface area contributed by atoms with Crippen LogP contribution in [0.2, 0.25) is 0 Å². The fourth-order valence-corrected chi connectivity index (χ4v) is 2.65. The minimum Gasteiger partial charge on any atom is -0.459 e. The first kappa shape index (κ1) is 16.3. The van der Waals surface area contributed by atoms with E-state index >= 15 is 0 Å². The zero-order chi connectivity index (χ0) is 16.1. The monoisotopic (exact) mass is 310 g/mol. The summed E-state index contributed by atoms with van der Waals surface area (Å²) in [6.07, 6.45) is 2.43. The maximum atomic E-state index is 12.1. The maximum absolute atomic E-state index is 12.1. The van der Waals surface area contributed by atoms with Crippen LogP contribution in [-0.4, -0.2) is 36.0 Å². The minimum absolute atomic E-state index is 0.0769. The van der Waals surface area contributed by atoms with E-state index in [-0.39, 0.29) is 12.1 Å². The Morgan fingerprint density at radius 3 is 2.50 bits per heavy atom. The molecule has 2 rings (SSSR count). The molecule has 0 aliphatic heterocycles. The highest BCUT2D eigenvalue weighted by atomic mass is 16.6. The standard InChI is InChI=1S/C15H22N2O5/c1-4-20-15(19)16-11-5-7-12(8-6-11)21-14(18)13-9(2)17-22-10(13)3/h11-12H,4-8H2,1-3H3,(H,16,19). The zero-order valence-corrected chi connectivity index (χ0v) is 13.2. The van der Waals surface area contributed by atoms with Crippen molar-refractivity contribution in [1.29, 1.82) is 0 Å². The molecule has 1 aromatic heterocycles. The van der Waals surface area contributed by atoms with Crippen LogP contribution in [0.1, 0.15) is 54.4 Å². The predicted molar refractivity (Wildman–Crippen MR) is 77.6 cm³/mol. The second kappa shape index (κ2) is 7.29. The van der Waals surface area contributed by atoms with Crippen LogP contribution in [0.25, 0.3) is 0 Å². The second-order valence-electron chi connectivity index (χ2n) is 5.44. The Hall–Kier alpha value is -2.05. The third-order valence-electron chi connectivity index (χ3n) is 3.78. The average Bonchev–Trinajstić information content (AvgIpc) is 2.80. The van der Waals surface area contributed by atoms with Crippen LogP contribution in [0.4, 0.5) is 4.79 Å². The number of alkyl carbamates (subject to hydrolysis) is 1. The van der Waals surface area contributed by atoms with E-state index in [1.54, 1.807) is 20.8 Å². The van der Waals surface area contributed by atoms with Gasteiger partial charge in [-0.15, -0.1) is 0 Å². The van der Waals surface area contributed by atoms with Gasteiger partial charge in [0.1, 0.15) is 17.4 Å². The predicted octanol–water partition coefficient (Wildman–Crippen LogP) is 2.51. The molecule has 122 valence electrons. The smallest absolute Gasteiger partial charge is 0.407 e. The molecule has 1 aromatic rings. The molecule has 0 atom stereocenters. The summed E-state index contributed by atoms with van der Waals surface area (Å²) >= 11 is 0. The number of amides is 1. The summed E-state index contributed by atoms with van der Waals surface area (Å²) in [6, 6.07) is 0.0769. The molecule has 7 nitrogen and oxygen atoms in total. The van der Waals surface area contributed by atoms with Crippen LogP contribution in [0.15, 0.2) is 4.52 Å². The number of hydrogen-bond donors (Lipinski definition) is 1. The Morgan fingerprint density at radius 1 is 1.27 bits per heavy atom. The maximum Gasteiger partial charge on any atom is 0.407 e. The van der Waals surface area contributed by atoms with Crippen LogP contribution >= 0.6 is 0 Å². The number of ether oxygens (including phenoxy) is 2. The lowest BCUT2D eigenvalue weighted by molar-refractivity contribution is 0.0180. The van der Waals surface area contributed by atoms with Crippen molar-refractivity contribution < 1.29 is 23.6 Å². The fraction of sp³-hybridized carbons (Fsp3) is 0.667. The Bertz CT molecular complexity index is 513. The molecule has 1 heterocycles. The fourth-order valence-electron chi connectivity index (χ4n) is 2.65. The van der Waals surface area contributed by atoms with Gasteiger partial charge < -0.3 is 19.3 Å². The van der Waals surface area contributed by atoms with Crippen molar-refractivity contribution in [2.75, 3.05) is 6.61 Å². The summed E-state index contributed by atoms with van der Waals surface area (Å²) in [5.74, 6) is 0.0817. The van der Waals surface area contributed by atoms with E-state index in [0.717, 1.165) is 12.8 Å². The number of rotatable bonds is 4. The summed E-state index contributed by atoms with van der Waals surface area (Å²) in [7, 11) is 0. The highest BCUT2D eigenvalue weighted by Gasteiger charge is 2.27. The number of carbonyl (C=O) groups is 2. The lowest BCUT2D eigenvalue weighted by Crippen LogP contribution is -2.39. The molecule has 0 aromatic carbocycles. The molecule has 1 fully saturated rings. The number of nitrogens with one attached hydrogen (secondary N) is 1. The topological polar surface area (TPSA) is 90.7 Å². The van der Waals surface area contributed by atoms with Crippen molar-refractivity contribution in [1.82, 2.24) is 10.5 Å². The van der Waals surface area contributed by atoms with Crippen LogP contribution in [0, 0.1) is 13.8 Å². The molecule has 1 aliphatic carbocycles. The molecule has 0 bridgehead atoms. The minimum atomic E-state index is -0.391. The third kappa shape index (κ3) is 3.99. The summed E-state index contributed by atoms with van der Waals surface area (Å²) in [5, 5.41) is 6.57. The van der Waals surface area contributed by atoms with Gasteiger partial charge in [-0.25, -0.2) is 9.59 Å². The molecular formula is C15H22N2O5. The quantitative estimate of drug-likeness (QED) is 0.859. The Morgan fingerprint density at radius 2 is 1.95 bits per heavy atom. The molecule has 0 spiro atoms. The summed E-state index contributed by atoms with van der Waals surface area (Å²) in [4.78, 5) is 23.5. The van der Waals surface area contributed by atoms with E-state index in [1.165, 1.54) is 0 Å². The molecule has 0 unspecified atom stereocenters. The molecule has 0 radical (unpaired) electrons. The summed E-state index contributed by atoms with van der Waals surface area (Å²) in [5.41, 5.74) is 0.951. The van der Waals surface area contributed by atoms with Gasteiger partial charge in [0, 0.05) is 6.04 Å². The van der Waals surface area contributed by atoms with E-state index in [1.807, 2.05) is 0 Å². The van der Waals surface area contributed by atoms with Gasteiger partial charge in [0.05, 0.1) is 12.3 Å². The molecular weight excluding hydrogens is 288 g/mol. The SMILES string of the molecule is CCOC(=O)NC1CCC(OC(=O)c2c(C)noc2C)CC1. The first-order valence-electron chi connectivity index (χ1n) is 7.58. The highest BCUT2D eigenvalue weighted by molar-refractivity contribution is 5.91. The lowest BCUT2D eigenvalue weighted by Gasteiger charge is -2.28. The van der Waals surface area contributed by atoms with Crippen molar-refractivity contribution in [2.24, 2.45) is 0 Å². The van der Waals surface area contributed by atoms with Gasteiger partial charge in [0.25, 0.3) is 0 Å². The van der Waals surface area contributed by atoms with Gasteiger partial charge in [0.2, 0.25) is 0 Å². The highest BCUT2D eigenvalue weighted by Crippen LogP contribution is 2.23. The van der Waals surface area contributed by atoms with Crippen molar-refractivity contribution in [3.8, 4) is 0 Å². The van der Waals surface area contributed by atoms with Crippen LogP contribution in [-0.2, 0) is 9.47 Å². The molecule has 22 heavy (non-hydrogen) atoms. The average molecular weight is 310 g/mol. The molecule has 1 amide bonds. The number of nitrogens with zero attached hydrogens (tertiary/aromatic N) is 1. The number of esters is 1. The van der Waals surface area contributed by atoms with Crippen molar-refractivity contribution >= 4 is 12.1 Å². The molecule has 1 saturated carbocycles. The Balaban J connectivity index is 1.80. The molecule has 1 aliphatic rings. The summed E-state index contributed by atoms with van der Waals surface area (Å²) < 4.78 is 15.4. The first-order chi connectivity index (χ1) is 10.5. The van der Waals surface area contributed by atoms with Gasteiger partial charge in [-0.3, -0.25) is 0 Å². The molecule has 1 N–H and O–H groups in total. The van der Waals surface area contributed by atoms with Crippen LogP contribution in [0.3, 0.4) is 0 Å². The van der Waals surface area contributed by atoms with E-state index in [0.29, 0.717) is 36.5 Å². The zero-order valence-electron chi connectivity index (χ0n) is 13.2. The number of carbonyl (C=O) groups excluding carboxylic acids is 2. The van der Waals surface area contributed by atoms with Crippen LogP contribution in [0.5, 0.6) is 0 Å². The second-order valence-corrected chi connectivity index (χ2v) is 5.44. The van der Waals surface area contributed by atoms with Crippen molar-refractivity contribution in [3.63, 3.8) is 0 Å². The van der Waals surface area contributed by atoms with Crippen molar-refractivity contribution in [3.05, 3.63) is 17.0 Å². The summed E-state index contributed by atoms with van der Waals surface area (Å²) in [6.45, 7) is 5.53. The van der Waals surface area contributed by atoms with Gasteiger partial charge in [0.15, 0.2) is 0 Å². The third-order valence-corrected chi connectivity index (χ3v) is 3.78. The number of hydrogen-bond acceptors (Lipinski definition) is 6. The number of aromatic nitrogens is 1. The van der Waals surface area contributed by atoms with Gasteiger partial charge in [-0.1, -0.05) is 5.16 Å². The largest absolute Gasteiger partial charge is 0.459 e. The van der Waals surface area contributed by atoms with Crippen molar-refractivity contribution in [2.45, 2.75) is 58.6 Å². The normalized spacial score (nSPS) is 21.2. The molecule has 0 saturated heterocycles. The van der Waals surface area contributed by atoms with E-state index < -0.39 is 12.1 Å². The Labute approximate surface area is 129 Å². The van der Waals surface area contributed by atoms with Gasteiger partial charge in [-0.05, 0) is 46.5 Å². The van der Waals surface area contributed by atoms with E-state index in [2.05, 4.69) is 10.5 Å². The van der Waals surface area contributed by atoms with Gasteiger partial charge in [-0.2, -0.15) is 0 Å². The first-order valence-corrected chi connectivity index (χ1v) is 7.58. The Kier molecular flexibility index (Phi) is 5.41.